The Kier molecular flexibility index (Phi) is 1.81. The largest absolute Gasteiger partial charge is 0.0636 e. The minimum absolute atomic E-state index is 0.551. The summed E-state index contributed by atoms with van der Waals surface area (Å²) in [6, 6.07) is -22.0. The molecule has 0 aliphatic carbocycles. The van der Waals surface area contributed by atoms with Crippen LogP contribution in [0.25, 0.3) is 65.7 Å². The molecule has 7 aromatic rings. The molecular weight excluding hydrogens is 432 g/mol. The zero-order valence-corrected chi connectivity index (χ0v) is 18.0. The molecule has 0 nitrogen and oxygen atoms in total. The van der Waals surface area contributed by atoms with Gasteiger partial charge in [-0.1, -0.05) is 133 Å². The first-order valence-corrected chi connectivity index (χ1v) is 10.5. The van der Waals surface area contributed by atoms with Gasteiger partial charge in [-0.05, 0) is 77.8 Å². The van der Waals surface area contributed by atoms with Crippen molar-refractivity contribution < 1.29 is 32.9 Å². The highest BCUT2D eigenvalue weighted by Gasteiger charge is 2.17. The molecule has 0 unspecified atom stereocenters. The molecule has 0 aliphatic rings. The van der Waals surface area contributed by atoms with Crippen molar-refractivity contribution in [1.29, 1.82) is 0 Å². The van der Waals surface area contributed by atoms with Gasteiger partial charge in [-0.2, -0.15) is 0 Å². The van der Waals surface area contributed by atoms with E-state index in [1.54, 1.807) is 0 Å². The highest BCUT2D eigenvalue weighted by Crippen LogP contribution is 2.44. The van der Waals surface area contributed by atoms with E-state index in [1.807, 2.05) is 0 Å². The van der Waals surface area contributed by atoms with Crippen molar-refractivity contribution in [2.75, 3.05) is 0 Å². The first kappa shape index (κ1) is 7.66. The van der Waals surface area contributed by atoms with E-state index in [-0.39, 0.29) is 0 Å². The highest BCUT2D eigenvalue weighted by molar-refractivity contribution is 6.21. The minimum atomic E-state index is -1.01. The fraction of sp³-hybridized carbons (Fsp3) is 0. The fourth-order valence-electron chi connectivity index (χ4n) is 4.00. The van der Waals surface area contributed by atoms with Gasteiger partial charge < -0.3 is 0 Å². The second kappa shape index (κ2) is 8.52. The maximum Gasteiger partial charge on any atom is 0.0636 e. The van der Waals surface area contributed by atoms with Crippen LogP contribution < -0.4 is 0 Å². The quantitative estimate of drug-likeness (QED) is 0.221. The van der Waals surface area contributed by atoms with Crippen molar-refractivity contribution in [3.63, 3.8) is 0 Å². The Labute approximate surface area is 244 Å². The Bertz CT molecular complexity index is 3080. The number of fused-ring (bicyclic) bond motifs is 3. The summed E-state index contributed by atoms with van der Waals surface area (Å²) in [6.45, 7) is 0. The summed E-state index contributed by atoms with van der Waals surface area (Å²) in [5.74, 6) is 0. The van der Waals surface area contributed by atoms with Crippen molar-refractivity contribution in [2.45, 2.75) is 0 Å². The molecule has 0 amide bonds. The number of rotatable bonds is 3. The van der Waals surface area contributed by atoms with E-state index >= 15 is 0 Å². The maximum absolute atomic E-state index is 9.46. The van der Waals surface area contributed by atoms with Gasteiger partial charge in [0, 0.05) is 0 Å². The highest BCUT2D eigenvalue weighted by atomic mass is 14.2. The van der Waals surface area contributed by atoms with Gasteiger partial charge in [-0.15, -0.1) is 0 Å². The monoisotopic (exact) mass is 480 g/mol. The van der Waals surface area contributed by atoms with Crippen LogP contribution in [0.5, 0.6) is 0 Å². The molecule has 168 valence electrons. The van der Waals surface area contributed by atoms with Crippen LogP contribution in [-0.2, 0) is 0 Å². The Hall–Kier alpha value is -4.68. The van der Waals surface area contributed by atoms with Crippen molar-refractivity contribution >= 4 is 32.3 Å². The van der Waals surface area contributed by atoms with Gasteiger partial charge in [0.15, 0.2) is 0 Å². The van der Waals surface area contributed by atoms with Crippen molar-refractivity contribution in [2.24, 2.45) is 0 Å². The van der Waals surface area contributed by atoms with Crippen LogP contribution in [0, 0.1) is 0 Å². The summed E-state index contributed by atoms with van der Waals surface area (Å²) in [4.78, 5) is 0. The first-order chi connectivity index (χ1) is 27.9. The van der Waals surface area contributed by atoms with E-state index < -0.39 is 211 Å². The summed E-state index contributed by atoms with van der Waals surface area (Å²) < 4.78 is 210. The molecule has 0 saturated carbocycles. The van der Waals surface area contributed by atoms with Crippen LogP contribution in [0.1, 0.15) is 32.9 Å². The van der Waals surface area contributed by atoms with Crippen LogP contribution >= 0.6 is 0 Å². The molecule has 0 heterocycles. The molecule has 0 radical (unpaired) electrons. The van der Waals surface area contributed by atoms with Crippen molar-refractivity contribution in [3.8, 4) is 33.4 Å². The van der Waals surface area contributed by atoms with E-state index in [4.69, 9.17) is 24.7 Å². The maximum atomic E-state index is 9.46. The fourth-order valence-corrected chi connectivity index (χ4v) is 4.00. The van der Waals surface area contributed by atoms with Crippen molar-refractivity contribution in [3.05, 3.63) is 145 Å². The van der Waals surface area contributed by atoms with Crippen LogP contribution in [0.3, 0.4) is 0 Å². The number of hydrogen-bond acceptors (Lipinski definition) is 0. The summed E-state index contributed by atoms with van der Waals surface area (Å²) >= 11 is 0. The molecular formula is C36H24. The Morgan fingerprint density at radius 2 is 0.778 bits per heavy atom. The van der Waals surface area contributed by atoms with E-state index in [9.17, 15) is 8.22 Å². The van der Waals surface area contributed by atoms with Gasteiger partial charge >= 0.3 is 0 Å². The molecule has 0 saturated heterocycles. The molecule has 7 aromatic carbocycles. The van der Waals surface area contributed by atoms with Gasteiger partial charge in [0.25, 0.3) is 0 Å². The lowest BCUT2D eigenvalue weighted by Crippen LogP contribution is -1.91. The molecule has 0 N–H and O–H groups in total. The third kappa shape index (κ3) is 3.39. The van der Waals surface area contributed by atoms with E-state index in [2.05, 4.69) is 0 Å². The smallest absolute Gasteiger partial charge is 0.0622 e. The first-order valence-electron chi connectivity index (χ1n) is 22.5. The zero-order valence-electron chi connectivity index (χ0n) is 42.0. The SMILES string of the molecule is [2H]c1c([2H])c([2H])c(-c2c([2H])c([2H])c([2H])c(-c3c4c([2H])c([2H])c([2H])c([2H])c4c(-c4c([2H])c([2H])c5c([2H])c([2H])c([2H])c([2H])c5c4[2H])c4c([2H])c([2H])c([2H])c([2H])c34)c2[2H])c([2H])c1[2H]. The second-order valence-electron chi connectivity index (χ2n) is 7.50. The van der Waals surface area contributed by atoms with E-state index in [1.165, 1.54) is 0 Å². The lowest BCUT2D eigenvalue weighted by Gasteiger charge is -2.18. The average Bonchev–Trinajstić information content (AvgIpc) is 3.21. The summed E-state index contributed by atoms with van der Waals surface area (Å²) in [5.41, 5.74) is -4.49. The predicted molar refractivity (Wildman–Crippen MR) is 155 cm³/mol. The third-order valence-corrected chi connectivity index (χ3v) is 5.50. The molecule has 0 heteroatoms. The topological polar surface area (TPSA) is 0 Å². The third-order valence-electron chi connectivity index (χ3n) is 5.50. The Morgan fingerprint density at radius 3 is 1.42 bits per heavy atom. The molecule has 0 spiro atoms. The molecule has 0 aromatic heterocycles. The Balaban J connectivity index is 1.89. The van der Waals surface area contributed by atoms with E-state index in [0.717, 1.165) is 0 Å². The van der Waals surface area contributed by atoms with Crippen LogP contribution in [0.15, 0.2) is 145 Å². The summed E-state index contributed by atoms with van der Waals surface area (Å²) in [7, 11) is 0. The molecule has 0 atom stereocenters. The van der Waals surface area contributed by atoms with Crippen LogP contribution in [0.4, 0.5) is 0 Å². The number of hydrogen-bond donors (Lipinski definition) is 0. The molecule has 36 heavy (non-hydrogen) atoms. The molecule has 0 fully saturated rings. The second-order valence-corrected chi connectivity index (χ2v) is 7.50. The molecule has 7 rings (SSSR count). The van der Waals surface area contributed by atoms with Crippen LogP contribution in [0.2, 0.25) is 0 Å². The predicted octanol–water partition coefficient (Wildman–Crippen LogP) is 10.1. The average molecular weight is 481 g/mol. The Morgan fingerprint density at radius 1 is 0.306 bits per heavy atom. The lowest BCUT2D eigenvalue weighted by molar-refractivity contribution is 1.61. The molecule has 0 aliphatic heterocycles. The molecule has 0 bridgehead atoms. The standard InChI is InChI=1S/C36H24/c1-2-11-25(12-3-1)28-15-10-16-29(23-28)35-31-17-6-8-19-33(31)36(34-20-9-7-18-32(34)35)30-22-21-26-13-4-5-14-27(26)24-30/h1-24H/i1D,2D,3D,4D,5D,6D,7D,8D,9D,10D,11D,12D,13D,14D,15D,16D,17D,18D,19D,20D,21D,22D,23D,24D. The van der Waals surface area contributed by atoms with Gasteiger partial charge in [0.1, 0.15) is 0 Å². The lowest BCUT2D eigenvalue weighted by atomic mass is 9.85. The van der Waals surface area contributed by atoms with Gasteiger partial charge in [0.2, 0.25) is 0 Å². The normalized spacial score (nSPS) is 20.7. The van der Waals surface area contributed by atoms with Crippen molar-refractivity contribution in [1.82, 2.24) is 0 Å². The van der Waals surface area contributed by atoms with E-state index in [0.29, 0.717) is 0 Å². The summed E-state index contributed by atoms with van der Waals surface area (Å²) in [5, 5.41) is -3.95. The van der Waals surface area contributed by atoms with Gasteiger partial charge in [0.05, 0.1) is 32.9 Å². The zero-order chi connectivity index (χ0) is 44.8. The van der Waals surface area contributed by atoms with Gasteiger partial charge in [-0.3, -0.25) is 0 Å². The summed E-state index contributed by atoms with van der Waals surface area (Å²) in [6.07, 6.45) is 0. The number of benzene rings is 7. The minimum Gasteiger partial charge on any atom is -0.0622 e. The van der Waals surface area contributed by atoms with Gasteiger partial charge in [-0.25, -0.2) is 0 Å². The van der Waals surface area contributed by atoms with Crippen LogP contribution in [-0.4, -0.2) is 0 Å².